The van der Waals surface area contributed by atoms with Crippen LogP contribution in [0.3, 0.4) is 0 Å². The summed E-state index contributed by atoms with van der Waals surface area (Å²) in [5.41, 5.74) is 2.53. The maximum Gasteiger partial charge on any atom is 0.328 e. The first-order chi connectivity index (χ1) is 31.4. The summed E-state index contributed by atoms with van der Waals surface area (Å²) in [6.07, 6.45) is -10.8. The lowest BCUT2D eigenvalue weighted by atomic mass is 9.84. The zero-order valence-corrected chi connectivity index (χ0v) is 41.6. The molecule has 16 nitrogen and oxygen atoms in total. The Kier molecular flexibility index (Phi) is 20.3. The Bertz CT molecular complexity index is 2160. The Morgan fingerprint density at radius 2 is 0.591 bits per heavy atom. The molecule has 1 fully saturated rings. The number of hydrogen-bond donors (Lipinski definition) is 0. The van der Waals surface area contributed by atoms with Crippen molar-refractivity contribution in [1.82, 2.24) is 0 Å². The highest BCUT2D eigenvalue weighted by Crippen LogP contribution is 2.59. The molecule has 20 heteroatoms. The number of benzene rings is 4. The summed E-state index contributed by atoms with van der Waals surface area (Å²) in [6, 6.07) is 35.2. The molecule has 0 heterocycles. The third-order valence-electron chi connectivity index (χ3n) is 9.87. The largest absolute Gasteiger partial charge is 0.455 e. The van der Waals surface area contributed by atoms with Gasteiger partial charge in [0.2, 0.25) is 0 Å². The van der Waals surface area contributed by atoms with Gasteiger partial charge in [0.1, 0.15) is 24.4 Å². The van der Waals surface area contributed by atoms with E-state index in [0.29, 0.717) is 35.1 Å². The Balaban J connectivity index is 1.68. The molecule has 4 aromatic carbocycles. The Morgan fingerprint density at radius 3 is 0.803 bits per heavy atom. The van der Waals surface area contributed by atoms with Gasteiger partial charge in [-0.1, -0.05) is 135 Å². The predicted octanol–water partition coefficient (Wildman–Crippen LogP) is 11.1. The number of rotatable bonds is 26. The van der Waals surface area contributed by atoms with E-state index >= 15 is 0 Å². The molecule has 66 heavy (non-hydrogen) atoms. The topological polar surface area (TPSA) is 195 Å². The third-order valence-corrected chi connectivity index (χ3v) is 14.8. The van der Waals surface area contributed by atoms with Crippen LogP contribution in [0, 0.1) is 0 Å². The standard InChI is InChI=1S/C46H60O16P4/c1-7-21-39(47)57-41-42(58-40(48)22-8-2)44(60-64(4,50)54-32-36-25-15-10-16-26-36)46(62-66(6,52)56-34-38-29-19-12-20-30-38)45(61-65(5,51)55-33-37-27-17-11-18-28-37)43(41)59-63(3,49)53-31-35-23-13-9-14-24-35/h9-20,23-30,41-46H,7-8,21-22,31-34H2,1-6H3. The van der Waals surface area contributed by atoms with Crippen molar-refractivity contribution in [2.24, 2.45) is 0 Å². The van der Waals surface area contributed by atoms with E-state index in [9.17, 15) is 27.8 Å². The van der Waals surface area contributed by atoms with Crippen molar-refractivity contribution in [1.29, 1.82) is 0 Å². The van der Waals surface area contributed by atoms with Crippen LogP contribution < -0.4 is 0 Å². The van der Waals surface area contributed by atoms with Crippen molar-refractivity contribution < 1.29 is 73.5 Å². The Hall–Kier alpha value is -3.58. The lowest BCUT2D eigenvalue weighted by Crippen LogP contribution is -2.67. The molecule has 10 atom stereocenters. The highest BCUT2D eigenvalue weighted by atomic mass is 31.2. The van der Waals surface area contributed by atoms with Crippen molar-refractivity contribution >= 4 is 42.3 Å². The summed E-state index contributed by atoms with van der Waals surface area (Å²) in [4.78, 5) is 27.3. The predicted molar refractivity (Wildman–Crippen MR) is 248 cm³/mol. The molecule has 0 aromatic heterocycles. The van der Waals surface area contributed by atoms with Crippen molar-refractivity contribution in [3.8, 4) is 0 Å². The van der Waals surface area contributed by atoms with Crippen LogP contribution in [0.2, 0.25) is 0 Å². The van der Waals surface area contributed by atoms with Gasteiger partial charge in [0.25, 0.3) is 0 Å². The van der Waals surface area contributed by atoms with Crippen LogP contribution >= 0.6 is 30.4 Å². The molecule has 4 aromatic rings. The first kappa shape index (κ1) is 53.4. The number of ether oxygens (including phenoxy) is 2. The molecule has 0 saturated heterocycles. The first-order valence-corrected chi connectivity index (χ1v) is 29.5. The number of carbonyl (C=O) groups excluding carboxylic acids is 2. The van der Waals surface area contributed by atoms with Gasteiger partial charge in [0, 0.05) is 39.5 Å². The van der Waals surface area contributed by atoms with E-state index < -0.39 is 78.9 Å². The molecule has 10 unspecified atom stereocenters. The molecule has 0 radical (unpaired) electrons. The van der Waals surface area contributed by atoms with E-state index in [1.165, 1.54) is 0 Å². The van der Waals surface area contributed by atoms with Gasteiger partial charge in [-0.15, -0.1) is 0 Å². The minimum absolute atomic E-state index is 0.138. The van der Waals surface area contributed by atoms with Crippen LogP contribution in [0.1, 0.15) is 61.8 Å². The van der Waals surface area contributed by atoms with E-state index in [0.717, 1.165) is 26.7 Å². The van der Waals surface area contributed by atoms with E-state index in [4.69, 9.17) is 45.7 Å². The summed E-state index contributed by atoms with van der Waals surface area (Å²) in [6.45, 7) is 7.30. The fourth-order valence-electron chi connectivity index (χ4n) is 6.77. The van der Waals surface area contributed by atoms with Crippen LogP contribution in [0.4, 0.5) is 0 Å². The number of hydrogen-bond acceptors (Lipinski definition) is 16. The highest BCUT2D eigenvalue weighted by molar-refractivity contribution is 7.54. The molecule has 0 amide bonds. The molecule has 5 rings (SSSR count). The second-order valence-electron chi connectivity index (χ2n) is 15.8. The summed E-state index contributed by atoms with van der Waals surface area (Å²) in [5.74, 6) is -1.62. The third kappa shape index (κ3) is 17.5. The van der Waals surface area contributed by atoms with Crippen molar-refractivity contribution in [2.45, 2.75) is 103 Å². The van der Waals surface area contributed by atoms with Gasteiger partial charge in [0.05, 0.1) is 26.4 Å². The van der Waals surface area contributed by atoms with E-state index in [-0.39, 0.29) is 39.3 Å². The quantitative estimate of drug-likeness (QED) is 0.0425. The monoisotopic (exact) mass is 992 g/mol. The van der Waals surface area contributed by atoms with Crippen LogP contribution in [-0.2, 0) is 99.9 Å². The lowest BCUT2D eigenvalue weighted by molar-refractivity contribution is -0.228. The second kappa shape index (κ2) is 25.2. The Labute approximate surface area is 387 Å². The molecular weight excluding hydrogens is 932 g/mol. The van der Waals surface area contributed by atoms with Crippen LogP contribution in [0.5, 0.6) is 0 Å². The lowest BCUT2D eigenvalue weighted by Gasteiger charge is -2.49. The average molecular weight is 993 g/mol. The fourth-order valence-corrected chi connectivity index (χ4v) is 11.3. The molecule has 1 aliphatic rings. The van der Waals surface area contributed by atoms with E-state index in [1.54, 1.807) is 135 Å². The first-order valence-electron chi connectivity index (χ1n) is 21.5. The van der Waals surface area contributed by atoms with Crippen molar-refractivity contribution in [3.63, 3.8) is 0 Å². The zero-order chi connectivity index (χ0) is 47.8. The van der Waals surface area contributed by atoms with Gasteiger partial charge in [0.15, 0.2) is 12.2 Å². The molecule has 0 N–H and O–H groups in total. The van der Waals surface area contributed by atoms with Crippen LogP contribution in [0.25, 0.3) is 0 Å². The summed E-state index contributed by atoms with van der Waals surface area (Å²) in [5, 5.41) is 0. The van der Waals surface area contributed by atoms with Gasteiger partial charge < -0.3 is 27.6 Å². The highest BCUT2D eigenvalue weighted by Gasteiger charge is 2.62. The fraction of sp³-hybridized carbons (Fsp3) is 0.435. The molecule has 1 aliphatic carbocycles. The van der Waals surface area contributed by atoms with Crippen molar-refractivity contribution in [2.75, 3.05) is 26.7 Å². The van der Waals surface area contributed by atoms with Gasteiger partial charge >= 0.3 is 42.3 Å². The van der Waals surface area contributed by atoms with Crippen molar-refractivity contribution in [3.05, 3.63) is 144 Å². The van der Waals surface area contributed by atoms with Gasteiger partial charge in [-0.05, 0) is 35.1 Å². The summed E-state index contributed by atoms with van der Waals surface area (Å²) >= 11 is 0. The van der Waals surface area contributed by atoms with Gasteiger partial charge in [-0.25, -0.2) is 0 Å². The molecule has 0 aliphatic heterocycles. The molecular formula is C46H60O16P4. The maximum absolute atomic E-state index is 14.7. The maximum atomic E-state index is 14.7. The van der Waals surface area contributed by atoms with Crippen LogP contribution in [-0.4, -0.2) is 75.2 Å². The average Bonchev–Trinajstić information content (AvgIpc) is 3.29. The van der Waals surface area contributed by atoms with E-state index in [2.05, 4.69) is 0 Å². The van der Waals surface area contributed by atoms with Gasteiger partial charge in [-0.3, -0.25) is 45.9 Å². The smallest absolute Gasteiger partial charge is 0.328 e. The number of esters is 2. The SMILES string of the molecule is CCCC(=O)OC1C(OC(=O)CCC)C(OP(C)(=O)OCc2ccccc2)C(OP(C)(=O)OCc2ccccc2)C(OP(C)(=O)OCc2ccccc2)C1OP(C)(=O)OCc1ccccc1. The number of carbonyl (C=O) groups is 2. The second-order valence-corrected chi connectivity index (χ2v) is 23.9. The summed E-state index contributed by atoms with van der Waals surface area (Å²) < 4.78 is 120. The van der Waals surface area contributed by atoms with E-state index in [1.807, 2.05) is 0 Å². The minimum atomic E-state index is -4.35. The zero-order valence-electron chi connectivity index (χ0n) is 38.0. The Morgan fingerprint density at radius 1 is 0.379 bits per heavy atom. The van der Waals surface area contributed by atoms with Crippen LogP contribution in [0.15, 0.2) is 121 Å². The normalized spacial score (nSPS) is 23.3. The molecule has 360 valence electrons. The molecule has 1 saturated carbocycles. The molecule has 0 spiro atoms. The molecule has 0 bridgehead atoms. The van der Waals surface area contributed by atoms with Gasteiger partial charge in [-0.2, -0.15) is 0 Å². The minimum Gasteiger partial charge on any atom is -0.455 e. The summed E-state index contributed by atoms with van der Waals surface area (Å²) in [7, 11) is -17.3.